The fourth-order valence-corrected chi connectivity index (χ4v) is 0.415. The molecule has 0 atom stereocenters. The standard InChI is InChI=1S/C5H11NO4/c7-3-1-6-2-4-10-5(8)9/h6-7H,1-4H2,(H,8,9). The predicted octanol–water partition coefficient (Wildman–Crippen LogP) is -0.737. The minimum absolute atomic E-state index is 0.0487. The Morgan fingerprint density at radius 1 is 1.50 bits per heavy atom. The Morgan fingerprint density at radius 2 is 2.20 bits per heavy atom. The third kappa shape index (κ3) is 7.19. The van der Waals surface area contributed by atoms with Gasteiger partial charge in [0.1, 0.15) is 6.61 Å². The van der Waals surface area contributed by atoms with Crippen molar-refractivity contribution in [2.24, 2.45) is 0 Å². The minimum atomic E-state index is -1.27. The number of hydrogen-bond acceptors (Lipinski definition) is 4. The highest BCUT2D eigenvalue weighted by atomic mass is 16.7. The van der Waals surface area contributed by atoms with E-state index < -0.39 is 6.16 Å². The summed E-state index contributed by atoms with van der Waals surface area (Å²) in [5.41, 5.74) is 0. The topological polar surface area (TPSA) is 78.8 Å². The molecule has 0 aromatic heterocycles. The van der Waals surface area contributed by atoms with Crippen LogP contribution in [0.15, 0.2) is 0 Å². The van der Waals surface area contributed by atoms with Crippen molar-refractivity contribution in [2.75, 3.05) is 26.3 Å². The third-order valence-electron chi connectivity index (χ3n) is 0.793. The molecule has 0 spiro atoms. The first kappa shape index (κ1) is 9.19. The molecule has 0 radical (unpaired) electrons. The Balaban J connectivity index is 2.84. The second kappa shape index (κ2) is 6.31. The molecule has 60 valence electrons. The average Bonchev–Trinajstić information content (AvgIpc) is 1.87. The Hall–Kier alpha value is -0.810. The van der Waals surface area contributed by atoms with E-state index >= 15 is 0 Å². The van der Waals surface area contributed by atoms with Gasteiger partial charge in [-0.3, -0.25) is 0 Å². The molecular weight excluding hydrogens is 138 g/mol. The molecule has 0 rings (SSSR count). The molecule has 0 fully saturated rings. The molecule has 0 aromatic carbocycles. The lowest BCUT2D eigenvalue weighted by atomic mass is 10.6. The van der Waals surface area contributed by atoms with E-state index in [0.717, 1.165) is 0 Å². The molecule has 0 aliphatic rings. The number of aliphatic hydroxyl groups excluding tert-OH is 1. The fourth-order valence-electron chi connectivity index (χ4n) is 0.415. The van der Waals surface area contributed by atoms with Crippen molar-refractivity contribution >= 4 is 6.16 Å². The Bertz CT molecular complexity index is 95.6. The van der Waals surface area contributed by atoms with E-state index in [4.69, 9.17) is 10.2 Å². The maximum absolute atomic E-state index is 9.73. The average molecular weight is 149 g/mol. The van der Waals surface area contributed by atoms with Crippen molar-refractivity contribution in [3.05, 3.63) is 0 Å². The maximum Gasteiger partial charge on any atom is 0.505 e. The van der Waals surface area contributed by atoms with Crippen molar-refractivity contribution in [1.29, 1.82) is 0 Å². The van der Waals surface area contributed by atoms with Crippen LogP contribution in [0.3, 0.4) is 0 Å². The van der Waals surface area contributed by atoms with Gasteiger partial charge < -0.3 is 20.3 Å². The van der Waals surface area contributed by atoms with E-state index in [0.29, 0.717) is 13.1 Å². The lowest BCUT2D eigenvalue weighted by molar-refractivity contribution is 0.0921. The molecule has 0 heterocycles. The van der Waals surface area contributed by atoms with Crippen LogP contribution in [0.25, 0.3) is 0 Å². The van der Waals surface area contributed by atoms with Crippen LogP contribution in [0.4, 0.5) is 4.79 Å². The van der Waals surface area contributed by atoms with E-state index in [-0.39, 0.29) is 13.2 Å². The van der Waals surface area contributed by atoms with E-state index in [1.807, 2.05) is 0 Å². The normalized spacial score (nSPS) is 9.30. The van der Waals surface area contributed by atoms with Crippen molar-refractivity contribution < 1.29 is 19.7 Å². The van der Waals surface area contributed by atoms with Gasteiger partial charge in [0.05, 0.1) is 6.61 Å². The lowest BCUT2D eigenvalue weighted by Crippen LogP contribution is -2.23. The number of carbonyl (C=O) groups is 1. The molecule has 0 aliphatic heterocycles. The molecule has 5 heteroatoms. The molecular formula is C5H11NO4. The lowest BCUT2D eigenvalue weighted by Gasteiger charge is -2.00. The molecule has 5 nitrogen and oxygen atoms in total. The fraction of sp³-hybridized carbons (Fsp3) is 0.800. The molecule has 0 aliphatic carbocycles. The zero-order valence-corrected chi connectivity index (χ0v) is 5.54. The van der Waals surface area contributed by atoms with Crippen LogP contribution < -0.4 is 5.32 Å². The molecule has 0 unspecified atom stereocenters. The zero-order valence-electron chi connectivity index (χ0n) is 5.54. The van der Waals surface area contributed by atoms with Gasteiger partial charge in [0.15, 0.2) is 0 Å². The highest BCUT2D eigenvalue weighted by Gasteiger charge is 1.93. The first-order valence-corrected chi connectivity index (χ1v) is 2.94. The van der Waals surface area contributed by atoms with Crippen molar-refractivity contribution in [1.82, 2.24) is 5.32 Å². The number of ether oxygens (including phenoxy) is 1. The summed E-state index contributed by atoms with van der Waals surface area (Å²) in [6.45, 7) is 1.07. The Kier molecular flexibility index (Phi) is 5.80. The molecule has 0 bridgehead atoms. The number of rotatable bonds is 5. The summed E-state index contributed by atoms with van der Waals surface area (Å²) < 4.78 is 4.16. The highest BCUT2D eigenvalue weighted by molar-refractivity contribution is 5.56. The smallest absolute Gasteiger partial charge is 0.450 e. The van der Waals surface area contributed by atoms with Crippen LogP contribution in [-0.4, -0.2) is 42.7 Å². The van der Waals surface area contributed by atoms with Gasteiger partial charge >= 0.3 is 6.16 Å². The van der Waals surface area contributed by atoms with Crippen molar-refractivity contribution in [2.45, 2.75) is 0 Å². The van der Waals surface area contributed by atoms with E-state index in [9.17, 15) is 4.79 Å². The van der Waals surface area contributed by atoms with Crippen LogP contribution in [0.5, 0.6) is 0 Å². The summed E-state index contributed by atoms with van der Waals surface area (Å²) in [5, 5.41) is 19.0. The van der Waals surface area contributed by atoms with Gasteiger partial charge in [0.2, 0.25) is 0 Å². The quantitative estimate of drug-likeness (QED) is 0.354. The monoisotopic (exact) mass is 149 g/mol. The zero-order chi connectivity index (χ0) is 7.82. The first-order chi connectivity index (χ1) is 4.77. The third-order valence-corrected chi connectivity index (χ3v) is 0.793. The van der Waals surface area contributed by atoms with Gasteiger partial charge in [-0.05, 0) is 0 Å². The summed E-state index contributed by atoms with van der Waals surface area (Å²) in [6, 6.07) is 0. The van der Waals surface area contributed by atoms with Crippen LogP contribution in [-0.2, 0) is 4.74 Å². The molecule has 0 saturated heterocycles. The van der Waals surface area contributed by atoms with Gasteiger partial charge in [0, 0.05) is 13.1 Å². The Labute approximate surface area is 58.6 Å². The number of nitrogens with one attached hydrogen (secondary N) is 1. The van der Waals surface area contributed by atoms with Crippen molar-refractivity contribution in [3.63, 3.8) is 0 Å². The summed E-state index contributed by atoms with van der Waals surface area (Å²) >= 11 is 0. The van der Waals surface area contributed by atoms with Crippen LogP contribution in [0.2, 0.25) is 0 Å². The number of hydrogen-bond donors (Lipinski definition) is 3. The van der Waals surface area contributed by atoms with Gasteiger partial charge in [0.25, 0.3) is 0 Å². The minimum Gasteiger partial charge on any atom is -0.450 e. The SMILES string of the molecule is O=C(O)OCCNCCO. The second-order valence-corrected chi connectivity index (χ2v) is 1.59. The molecule has 0 saturated carbocycles. The second-order valence-electron chi connectivity index (χ2n) is 1.59. The highest BCUT2D eigenvalue weighted by Crippen LogP contribution is 1.72. The molecule has 0 aromatic rings. The van der Waals surface area contributed by atoms with E-state index in [1.165, 1.54) is 0 Å². The number of carboxylic acid groups (broad SMARTS) is 1. The van der Waals surface area contributed by atoms with Gasteiger partial charge in [-0.2, -0.15) is 0 Å². The largest absolute Gasteiger partial charge is 0.505 e. The van der Waals surface area contributed by atoms with E-state index in [1.54, 1.807) is 0 Å². The summed E-state index contributed by atoms with van der Waals surface area (Å²) in [4.78, 5) is 9.73. The van der Waals surface area contributed by atoms with Crippen molar-refractivity contribution in [3.8, 4) is 0 Å². The first-order valence-electron chi connectivity index (χ1n) is 2.94. The molecule has 10 heavy (non-hydrogen) atoms. The maximum atomic E-state index is 9.73. The van der Waals surface area contributed by atoms with Gasteiger partial charge in [-0.15, -0.1) is 0 Å². The summed E-state index contributed by atoms with van der Waals surface area (Å²) in [7, 11) is 0. The van der Waals surface area contributed by atoms with Crippen LogP contribution in [0.1, 0.15) is 0 Å². The van der Waals surface area contributed by atoms with Gasteiger partial charge in [-0.1, -0.05) is 0 Å². The summed E-state index contributed by atoms with van der Waals surface area (Å²) in [6.07, 6.45) is -1.27. The van der Waals surface area contributed by atoms with Gasteiger partial charge in [-0.25, -0.2) is 4.79 Å². The van der Waals surface area contributed by atoms with Crippen LogP contribution >= 0.6 is 0 Å². The van der Waals surface area contributed by atoms with E-state index in [2.05, 4.69) is 10.1 Å². The van der Waals surface area contributed by atoms with Crippen LogP contribution in [0, 0.1) is 0 Å². The summed E-state index contributed by atoms with van der Waals surface area (Å²) in [5.74, 6) is 0. The Morgan fingerprint density at radius 3 is 2.70 bits per heavy atom. The predicted molar refractivity (Wildman–Crippen MR) is 33.9 cm³/mol. The molecule has 0 amide bonds. The molecule has 3 N–H and O–H groups in total. The number of aliphatic hydroxyl groups is 1.